The van der Waals surface area contributed by atoms with Crippen LogP contribution in [0.2, 0.25) is 0 Å². The summed E-state index contributed by atoms with van der Waals surface area (Å²) in [5.41, 5.74) is 9.68. The Bertz CT molecular complexity index is 731. The van der Waals surface area contributed by atoms with E-state index < -0.39 is 5.91 Å². The van der Waals surface area contributed by atoms with E-state index in [0.717, 1.165) is 35.2 Å². The lowest BCUT2D eigenvalue weighted by Crippen LogP contribution is -2.13. The molecular weight excluding hydrogens is 276 g/mol. The number of rotatable bonds is 4. The molecule has 0 heterocycles. The fraction of sp³-hybridized carbons (Fsp3) is 0.222. The predicted octanol–water partition coefficient (Wildman–Crippen LogP) is 3.11. The molecule has 2 aromatic rings. The number of carbonyl (C=O) groups excluding carboxylic acids is 2. The van der Waals surface area contributed by atoms with Crippen LogP contribution < -0.4 is 11.1 Å². The molecule has 4 heteroatoms. The monoisotopic (exact) mass is 294 g/mol. The molecule has 0 bridgehead atoms. The number of nitrogens with one attached hydrogen (secondary N) is 1. The zero-order valence-electron chi connectivity index (χ0n) is 12.4. The van der Waals surface area contributed by atoms with Gasteiger partial charge in [0, 0.05) is 17.2 Å². The number of carbonyl (C=O) groups is 2. The highest BCUT2D eigenvalue weighted by atomic mass is 16.2. The number of hydrogen-bond acceptors (Lipinski definition) is 2. The third kappa shape index (κ3) is 3.01. The maximum atomic E-state index is 11.9. The van der Waals surface area contributed by atoms with Crippen LogP contribution in [0.5, 0.6) is 0 Å². The first-order valence-electron chi connectivity index (χ1n) is 7.36. The van der Waals surface area contributed by atoms with Crippen LogP contribution in [0, 0.1) is 12.8 Å². The van der Waals surface area contributed by atoms with Gasteiger partial charge in [0.05, 0.1) is 0 Å². The van der Waals surface area contributed by atoms with Crippen molar-refractivity contribution < 1.29 is 9.59 Å². The van der Waals surface area contributed by atoms with Gasteiger partial charge in [-0.05, 0) is 60.7 Å². The van der Waals surface area contributed by atoms with Crippen molar-refractivity contribution in [3.8, 4) is 11.1 Å². The first-order chi connectivity index (χ1) is 10.5. The summed E-state index contributed by atoms with van der Waals surface area (Å²) in [5, 5.41) is 2.96. The van der Waals surface area contributed by atoms with Gasteiger partial charge in [0.1, 0.15) is 0 Å². The van der Waals surface area contributed by atoms with Gasteiger partial charge in [0.15, 0.2) is 0 Å². The molecule has 22 heavy (non-hydrogen) atoms. The van der Waals surface area contributed by atoms with Gasteiger partial charge in [-0.2, -0.15) is 0 Å². The molecule has 1 fully saturated rings. The van der Waals surface area contributed by atoms with E-state index >= 15 is 0 Å². The molecule has 1 saturated carbocycles. The third-order valence-corrected chi connectivity index (χ3v) is 3.93. The van der Waals surface area contributed by atoms with Crippen LogP contribution in [-0.2, 0) is 4.79 Å². The summed E-state index contributed by atoms with van der Waals surface area (Å²) >= 11 is 0. The lowest BCUT2D eigenvalue weighted by Gasteiger charge is -2.11. The Morgan fingerprint density at radius 2 is 1.77 bits per heavy atom. The van der Waals surface area contributed by atoms with Gasteiger partial charge in [0.25, 0.3) is 0 Å². The van der Waals surface area contributed by atoms with Crippen molar-refractivity contribution >= 4 is 17.5 Å². The van der Waals surface area contributed by atoms with Gasteiger partial charge >= 0.3 is 0 Å². The number of hydrogen-bond donors (Lipinski definition) is 2. The van der Waals surface area contributed by atoms with Crippen molar-refractivity contribution in [2.24, 2.45) is 11.7 Å². The van der Waals surface area contributed by atoms with E-state index in [1.807, 2.05) is 37.3 Å². The van der Waals surface area contributed by atoms with Crippen molar-refractivity contribution in [2.75, 3.05) is 5.32 Å². The zero-order valence-corrected chi connectivity index (χ0v) is 12.4. The lowest BCUT2D eigenvalue weighted by molar-refractivity contribution is -0.117. The Kier molecular flexibility index (Phi) is 3.67. The lowest BCUT2D eigenvalue weighted by atomic mass is 9.98. The number of benzene rings is 2. The molecule has 1 aliphatic rings. The maximum Gasteiger partial charge on any atom is 0.248 e. The minimum Gasteiger partial charge on any atom is -0.366 e. The molecule has 4 nitrogen and oxygen atoms in total. The van der Waals surface area contributed by atoms with E-state index in [0.29, 0.717) is 5.56 Å². The van der Waals surface area contributed by atoms with Crippen LogP contribution in [0.4, 0.5) is 5.69 Å². The van der Waals surface area contributed by atoms with Gasteiger partial charge in [-0.1, -0.05) is 18.2 Å². The quantitative estimate of drug-likeness (QED) is 0.909. The minimum absolute atomic E-state index is 0.0962. The normalized spacial score (nSPS) is 13.7. The highest BCUT2D eigenvalue weighted by Gasteiger charge is 2.29. The average molecular weight is 294 g/mol. The second-order valence-corrected chi connectivity index (χ2v) is 5.73. The van der Waals surface area contributed by atoms with Gasteiger partial charge in [-0.3, -0.25) is 9.59 Å². The maximum absolute atomic E-state index is 11.9. The van der Waals surface area contributed by atoms with Crippen molar-refractivity contribution in [3.63, 3.8) is 0 Å². The first kappa shape index (κ1) is 14.3. The summed E-state index contributed by atoms with van der Waals surface area (Å²) in [7, 11) is 0. The smallest absolute Gasteiger partial charge is 0.248 e. The van der Waals surface area contributed by atoms with Crippen molar-refractivity contribution in [1.29, 1.82) is 0 Å². The SMILES string of the molecule is Cc1ccc(NC(=O)C2CC2)cc1-c1ccc(C(N)=O)cc1. The standard InChI is InChI=1S/C18H18N2O2/c1-11-2-9-15(20-18(22)14-7-8-14)10-16(11)12-3-5-13(6-4-12)17(19)21/h2-6,9-10,14H,7-8H2,1H3,(H2,19,21)(H,20,22). The van der Waals surface area contributed by atoms with E-state index in [-0.39, 0.29) is 11.8 Å². The summed E-state index contributed by atoms with van der Waals surface area (Å²) in [6.07, 6.45) is 1.97. The molecule has 0 unspecified atom stereocenters. The van der Waals surface area contributed by atoms with E-state index in [9.17, 15) is 9.59 Å². The number of anilines is 1. The van der Waals surface area contributed by atoms with Gasteiger partial charge in [0.2, 0.25) is 11.8 Å². The molecule has 0 aliphatic heterocycles. The first-order valence-corrected chi connectivity index (χ1v) is 7.36. The molecule has 1 aliphatic carbocycles. The van der Waals surface area contributed by atoms with Crippen LogP contribution in [-0.4, -0.2) is 11.8 Å². The van der Waals surface area contributed by atoms with E-state index in [1.54, 1.807) is 12.1 Å². The average Bonchev–Trinajstić information content (AvgIpc) is 3.34. The summed E-state index contributed by atoms with van der Waals surface area (Å²) in [6.45, 7) is 2.02. The molecule has 0 radical (unpaired) electrons. The Morgan fingerprint density at radius 1 is 1.09 bits per heavy atom. The van der Waals surface area contributed by atoms with Crippen LogP contribution in [0.3, 0.4) is 0 Å². The van der Waals surface area contributed by atoms with Gasteiger partial charge in [-0.25, -0.2) is 0 Å². The number of amides is 2. The summed E-state index contributed by atoms with van der Waals surface area (Å²) in [5.74, 6) is -0.160. The number of nitrogens with two attached hydrogens (primary N) is 1. The van der Waals surface area contributed by atoms with Crippen LogP contribution in [0.25, 0.3) is 11.1 Å². The minimum atomic E-state index is -0.436. The van der Waals surface area contributed by atoms with E-state index in [4.69, 9.17) is 5.73 Å². The molecule has 0 saturated heterocycles. The van der Waals surface area contributed by atoms with Crippen molar-refractivity contribution in [3.05, 3.63) is 53.6 Å². The van der Waals surface area contributed by atoms with Crippen molar-refractivity contribution in [1.82, 2.24) is 0 Å². The molecule has 3 N–H and O–H groups in total. The number of aryl methyl sites for hydroxylation is 1. The molecular formula is C18H18N2O2. The molecule has 0 spiro atoms. The molecule has 0 aromatic heterocycles. The van der Waals surface area contributed by atoms with Gasteiger partial charge < -0.3 is 11.1 Å². The predicted molar refractivity (Wildman–Crippen MR) is 86.5 cm³/mol. The summed E-state index contributed by atoms with van der Waals surface area (Å²) in [6, 6.07) is 13.0. The largest absolute Gasteiger partial charge is 0.366 e. The van der Waals surface area contributed by atoms with E-state index in [1.165, 1.54) is 0 Å². The summed E-state index contributed by atoms with van der Waals surface area (Å²) in [4.78, 5) is 23.0. The summed E-state index contributed by atoms with van der Waals surface area (Å²) < 4.78 is 0. The third-order valence-electron chi connectivity index (χ3n) is 3.93. The van der Waals surface area contributed by atoms with Crippen LogP contribution in [0.15, 0.2) is 42.5 Å². The Balaban J connectivity index is 1.88. The Labute approximate surface area is 129 Å². The van der Waals surface area contributed by atoms with Crippen LogP contribution >= 0.6 is 0 Å². The Hall–Kier alpha value is -2.62. The highest BCUT2D eigenvalue weighted by Crippen LogP contribution is 2.31. The molecule has 3 rings (SSSR count). The fourth-order valence-corrected chi connectivity index (χ4v) is 2.41. The fourth-order valence-electron chi connectivity index (χ4n) is 2.41. The second-order valence-electron chi connectivity index (χ2n) is 5.73. The molecule has 0 atom stereocenters. The highest BCUT2D eigenvalue weighted by molar-refractivity contribution is 5.95. The Morgan fingerprint density at radius 3 is 2.36 bits per heavy atom. The zero-order chi connectivity index (χ0) is 15.7. The van der Waals surface area contributed by atoms with E-state index in [2.05, 4.69) is 5.32 Å². The van der Waals surface area contributed by atoms with Gasteiger partial charge in [-0.15, -0.1) is 0 Å². The molecule has 2 aromatic carbocycles. The molecule has 112 valence electrons. The number of primary amides is 1. The van der Waals surface area contributed by atoms with Crippen molar-refractivity contribution in [2.45, 2.75) is 19.8 Å². The topological polar surface area (TPSA) is 72.2 Å². The van der Waals surface area contributed by atoms with Crippen LogP contribution in [0.1, 0.15) is 28.8 Å². The second kappa shape index (κ2) is 5.64. The molecule has 2 amide bonds.